The van der Waals surface area contributed by atoms with Crippen LogP contribution >= 0.6 is 11.6 Å². The molecule has 36 heavy (non-hydrogen) atoms. The number of aliphatic imine (C=N–C) groups is 1. The van der Waals surface area contributed by atoms with E-state index < -0.39 is 61.5 Å². The Morgan fingerprint density at radius 1 is 0.972 bits per heavy atom. The summed E-state index contributed by atoms with van der Waals surface area (Å²) in [7, 11) is -4.51. The highest BCUT2D eigenvalue weighted by atomic mass is 35.5. The molecule has 196 valence electrons. The van der Waals surface area contributed by atoms with Crippen molar-refractivity contribution in [2.45, 2.75) is 56.2 Å². The smallest absolute Gasteiger partial charge is 0.342 e. The summed E-state index contributed by atoms with van der Waals surface area (Å²) in [5, 5.41) is 10.2. The average Bonchev–Trinajstić information content (AvgIpc) is 2.72. The zero-order valence-electron chi connectivity index (χ0n) is 19.5. The number of rotatable bonds is 5. The second-order valence-corrected chi connectivity index (χ2v) is 11.5. The predicted octanol–water partition coefficient (Wildman–Crippen LogP) is 6.99. The Labute approximate surface area is 209 Å². The van der Waals surface area contributed by atoms with Crippen LogP contribution in [0.15, 0.2) is 52.4 Å². The van der Waals surface area contributed by atoms with Gasteiger partial charge < -0.3 is 5.32 Å². The van der Waals surface area contributed by atoms with Gasteiger partial charge in [-0.2, -0.15) is 31.6 Å². The first kappa shape index (κ1) is 29.5. The quantitative estimate of drug-likeness (QED) is 0.246. The molecule has 0 aliphatic rings. The molecule has 1 N–H and O–H groups in total. The molecule has 0 spiro atoms. The molecule has 0 heterocycles. The lowest BCUT2D eigenvalue weighted by Gasteiger charge is -2.26. The highest BCUT2D eigenvalue weighted by Gasteiger charge is 2.38. The van der Waals surface area contributed by atoms with E-state index in [9.17, 15) is 40.0 Å². The molecule has 5 nitrogen and oxygen atoms in total. The number of hydrogen-bond acceptors (Lipinski definition) is 4. The summed E-state index contributed by atoms with van der Waals surface area (Å²) in [5.41, 5.74) is -4.56. The van der Waals surface area contributed by atoms with Crippen molar-refractivity contribution >= 4 is 33.0 Å². The van der Waals surface area contributed by atoms with Gasteiger partial charge in [0.1, 0.15) is 5.84 Å². The van der Waals surface area contributed by atoms with Gasteiger partial charge in [0.2, 0.25) is 15.1 Å². The van der Waals surface area contributed by atoms with E-state index in [1.165, 1.54) is 12.1 Å². The van der Waals surface area contributed by atoms with E-state index in [0.717, 1.165) is 12.1 Å². The van der Waals surface area contributed by atoms with Crippen molar-refractivity contribution in [1.29, 1.82) is 5.26 Å². The topological polar surface area (TPSA) is 82.3 Å². The lowest BCUT2D eigenvalue weighted by atomic mass is 9.88. The molecule has 0 saturated carbocycles. The van der Waals surface area contributed by atoms with Crippen LogP contribution in [0.2, 0.25) is 5.02 Å². The lowest BCUT2D eigenvalue weighted by molar-refractivity contribution is -0.143. The molecule has 1 unspecified atom stereocenters. The highest BCUT2D eigenvalue weighted by Crippen LogP contribution is 2.38. The van der Waals surface area contributed by atoms with Crippen molar-refractivity contribution in [3.8, 4) is 6.07 Å². The summed E-state index contributed by atoms with van der Waals surface area (Å²) in [6, 6.07) is 6.34. The number of anilines is 1. The van der Waals surface area contributed by atoms with Crippen LogP contribution in [0.5, 0.6) is 0 Å². The van der Waals surface area contributed by atoms with Crippen molar-refractivity contribution in [3.63, 3.8) is 0 Å². The van der Waals surface area contributed by atoms with Crippen molar-refractivity contribution in [2.75, 3.05) is 5.32 Å². The highest BCUT2D eigenvalue weighted by molar-refractivity contribution is 7.93. The Kier molecular flexibility index (Phi) is 8.43. The monoisotopic (exact) mass is 553 g/mol. The second kappa shape index (κ2) is 10.3. The van der Waals surface area contributed by atoms with E-state index in [1.807, 2.05) is 0 Å². The Morgan fingerprint density at radius 2 is 1.44 bits per heavy atom. The van der Waals surface area contributed by atoms with Crippen LogP contribution < -0.4 is 5.32 Å². The Morgan fingerprint density at radius 3 is 1.83 bits per heavy atom. The fourth-order valence-corrected chi connectivity index (χ4v) is 4.25. The number of amidine groups is 1. The van der Waals surface area contributed by atoms with E-state index in [4.69, 9.17) is 11.6 Å². The summed E-state index contributed by atoms with van der Waals surface area (Å²) < 4.78 is 106. The number of nitrogens with one attached hydrogen (secondary N) is 1. The van der Waals surface area contributed by atoms with Crippen molar-refractivity contribution in [3.05, 3.63) is 58.6 Å². The molecule has 0 aliphatic carbocycles. The zero-order chi connectivity index (χ0) is 27.7. The van der Waals surface area contributed by atoms with E-state index >= 15 is 0 Å². The van der Waals surface area contributed by atoms with E-state index in [-0.39, 0.29) is 16.0 Å². The minimum Gasteiger partial charge on any atom is -0.342 e. The summed E-state index contributed by atoms with van der Waals surface area (Å²) in [4.78, 5) is 3.89. The van der Waals surface area contributed by atoms with Gasteiger partial charge in [-0.05, 0) is 54.8 Å². The number of benzene rings is 2. The molecular weight excluding hydrogens is 532 g/mol. The summed E-state index contributed by atoms with van der Waals surface area (Å²) >= 11 is 5.79. The van der Waals surface area contributed by atoms with Crippen molar-refractivity contribution in [2.24, 2.45) is 10.4 Å². The van der Waals surface area contributed by atoms with Crippen LogP contribution in [-0.4, -0.2) is 25.5 Å². The van der Waals surface area contributed by atoms with Gasteiger partial charge >= 0.3 is 12.4 Å². The van der Waals surface area contributed by atoms with Gasteiger partial charge in [0.15, 0.2) is 0 Å². The number of hydrogen-bond donors (Lipinski definition) is 1. The van der Waals surface area contributed by atoms with Gasteiger partial charge in [-0.1, -0.05) is 32.4 Å². The van der Waals surface area contributed by atoms with Gasteiger partial charge in [-0.25, -0.2) is 8.42 Å². The van der Waals surface area contributed by atoms with E-state index in [0.29, 0.717) is 12.1 Å². The average molecular weight is 554 g/mol. The molecule has 2 atom stereocenters. The number of alkyl halides is 6. The van der Waals surface area contributed by atoms with Crippen LogP contribution in [0.3, 0.4) is 0 Å². The zero-order valence-corrected chi connectivity index (χ0v) is 21.0. The molecule has 0 fully saturated rings. The summed E-state index contributed by atoms with van der Waals surface area (Å²) in [6.45, 7) is 6.78. The van der Waals surface area contributed by atoms with Gasteiger partial charge in [-0.3, -0.25) is 4.99 Å². The Balaban J connectivity index is 2.73. The molecule has 0 radical (unpaired) electrons. The molecule has 2 aromatic rings. The molecule has 0 aromatic heterocycles. The lowest BCUT2D eigenvalue weighted by Crippen LogP contribution is -2.37. The van der Waals surface area contributed by atoms with Crippen LogP contribution in [0.1, 0.15) is 38.8 Å². The normalized spacial score (nSPS) is 15.2. The molecule has 0 bridgehead atoms. The molecule has 2 aromatic carbocycles. The van der Waals surface area contributed by atoms with E-state index in [2.05, 4.69) is 10.3 Å². The van der Waals surface area contributed by atoms with E-state index in [1.54, 1.807) is 33.8 Å². The number of sulfone groups is 1. The first-order chi connectivity index (χ1) is 16.3. The van der Waals surface area contributed by atoms with Gasteiger partial charge in [0.25, 0.3) is 0 Å². The summed E-state index contributed by atoms with van der Waals surface area (Å²) in [5.74, 6) is -0.623. The predicted molar refractivity (Wildman–Crippen MR) is 124 cm³/mol. The molecular formula is C23H22ClF6N3O2S. The first-order valence-corrected chi connectivity index (χ1v) is 12.2. The molecule has 2 rings (SSSR count). The van der Waals surface area contributed by atoms with Crippen LogP contribution in [0.25, 0.3) is 0 Å². The maximum Gasteiger partial charge on any atom is 0.416 e. The largest absolute Gasteiger partial charge is 0.416 e. The van der Waals surface area contributed by atoms with Gasteiger partial charge in [0, 0.05) is 10.7 Å². The fraction of sp³-hybridized carbons (Fsp3) is 0.391. The van der Waals surface area contributed by atoms with Crippen LogP contribution in [0.4, 0.5) is 32.0 Å². The molecule has 0 aliphatic heterocycles. The minimum absolute atomic E-state index is 0.0635. The maximum absolute atomic E-state index is 13.3. The summed E-state index contributed by atoms with van der Waals surface area (Å²) in [6.07, 6.45) is -10.3. The number of nitrogens with zero attached hydrogens (tertiary/aromatic N) is 2. The third kappa shape index (κ3) is 7.13. The molecule has 0 amide bonds. The minimum atomic E-state index is -5.13. The fourth-order valence-electron chi connectivity index (χ4n) is 2.78. The van der Waals surface area contributed by atoms with Crippen LogP contribution in [0, 0.1) is 16.7 Å². The van der Waals surface area contributed by atoms with Crippen molar-refractivity contribution < 1.29 is 34.8 Å². The standard InChI is InChI=1S/C23H22ClF6N3O2S/c1-13(21(2,3)4)32-20(19(12-31)36(34,35)18-7-5-16(24)6-8-18)33-17-10-14(22(25,26)27)9-15(11-17)23(28,29)30/h5-11,13,19H,1-4H3,(H,32,33)/t13-,19?/m1/s1. The Bertz CT molecular complexity index is 1240. The second-order valence-electron chi connectivity index (χ2n) is 8.98. The van der Waals surface area contributed by atoms with Gasteiger partial charge in [-0.15, -0.1) is 0 Å². The third-order valence-electron chi connectivity index (χ3n) is 5.26. The number of halogens is 7. The Hall–Kier alpha value is -2.78. The van der Waals surface area contributed by atoms with Crippen LogP contribution in [-0.2, 0) is 22.2 Å². The maximum atomic E-state index is 13.3. The SMILES string of the molecule is C[C@@H](N=C(Nc1cc(C(F)(F)F)cc(C(F)(F)F)c1)C(C#N)S(=O)(=O)c1ccc(Cl)cc1)C(C)(C)C. The third-order valence-corrected chi connectivity index (χ3v) is 7.39. The first-order valence-electron chi connectivity index (χ1n) is 10.3. The van der Waals surface area contributed by atoms with Crippen molar-refractivity contribution in [1.82, 2.24) is 0 Å². The van der Waals surface area contributed by atoms with Gasteiger partial charge in [0.05, 0.1) is 28.1 Å². The molecule has 0 saturated heterocycles. The number of nitriles is 1. The molecule has 13 heteroatoms.